The molecule has 0 fully saturated rings. The molecular weight excluding hydrogens is 239 g/mol. The summed E-state index contributed by atoms with van der Waals surface area (Å²) in [6.07, 6.45) is 0.531. The fourth-order valence-electron chi connectivity index (χ4n) is 0.801. The Morgan fingerprint density at radius 3 is 2.38 bits per heavy atom. The maximum atomic E-state index is 13.0. The molecule has 1 aromatic carbocycles. The lowest BCUT2D eigenvalue weighted by molar-refractivity contribution is -0.131. The largest absolute Gasteiger partial charge is 0.478 e. The lowest BCUT2D eigenvalue weighted by atomic mass is 10.2. The Hall–Kier alpha value is -1.16. The Balaban J connectivity index is 2.96. The lowest BCUT2D eigenvalue weighted by Gasteiger charge is -1.96. The van der Waals surface area contributed by atoms with Gasteiger partial charge >= 0.3 is 5.97 Å². The van der Waals surface area contributed by atoms with Crippen molar-refractivity contribution in [3.63, 3.8) is 0 Å². The van der Waals surface area contributed by atoms with Gasteiger partial charge in [-0.05, 0) is 12.1 Å². The monoisotopic (exact) mass is 244 g/mol. The predicted octanol–water partition coefficient (Wildman–Crippen LogP) is 2.84. The first kappa shape index (κ1) is 9.92. The van der Waals surface area contributed by atoms with Gasteiger partial charge in [-0.25, -0.2) is 9.18 Å². The van der Waals surface area contributed by atoms with E-state index in [2.05, 4.69) is 15.9 Å². The quantitative estimate of drug-likeness (QED) is 0.813. The third kappa shape index (κ3) is 2.99. The summed E-state index contributed by atoms with van der Waals surface area (Å²) >= 11 is 3.19. The molecule has 0 bridgehead atoms. The van der Waals surface area contributed by atoms with E-state index in [1.807, 2.05) is 0 Å². The van der Waals surface area contributed by atoms with Crippen LogP contribution in [0.1, 0.15) is 5.56 Å². The third-order valence-electron chi connectivity index (χ3n) is 1.37. The van der Waals surface area contributed by atoms with Gasteiger partial charge in [0.2, 0.25) is 0 Å². The van der Waals surface area contributed by atoms with Gasteiger partial charge in [-0.2, -0.15) is 0 Å². The minimum absolute atomic E-state index is 0.255. The van der Waals surface area contributed by atoms with E-state index >= 15 is 0 Å². The van der Waals surface area contributed by atoms with Crippen LogP contribution in [-0.2, 0) is 4.79 Å². The molecule has 0 aromatic heterocycles. The molecule has 0 heterocycles. The number of benzene rings is 1. The van der Waals surface area contributed by atoms with Gasteiger partial charge in [0, 0.05) is 10.0 Å². The molecule has 0 saturated carbocycles. The predicted molar refractivity (Wildman–Crippen MR) is 50.9 cm³/mol. The Labute approximate surface area is 82.8 Å². The van der Waals surface area contributed by atoms with Crippen LogP contribution in [0.25, 0.3) is 5.83 Å². The van der Waals surface area contributed by atoms with Gasteiger partial charge in [-0.1, -0.05) is 28.1 Å². The molecular formula is C9H6BrFO2. The Kier molecular flexibility index (Phi) is 3.19. The number of hydrogen-bond acceptors (Lipinski definition) is 1. The number of aliphatic carboxylic acids is 1. The number of carboxylic acids is 1. The smallest absolute Gasteiger partial charge is 0.331 e. The van der Waals surface area contributed by atoms with Crippen molar-refractivity contribution in [3.05, 3.63) is 40.4 Å². The van der Waals surface area contributed by atoms with Crippen molar-refractivity contribution in [1.29, 1.82) is 0 Å². The van der Waals surface area contributed by atoms with Crippen LogP contribution < -0.4 is 0 Å². The molecule has 0 atom stereocenters. The van der Waals surface area contributed by atoms with Crippen molar-refractivity contribution < 1.29 is 14.3 Å². The Morgan fingerprint density at radius 1 is 1.38 bits per heavy atom. The van der Waals surface area contributed by atoms with Crippen LogP contribution in [0, 0.1) is 0 Å². The van der Waals surface area contributed by atoms with E-state index < -0.39 is 11.8 Å². The highest BCUT2D eigenvalue weighted by Gasteiger charge is 2.01. The normalized spacial score (nSPS) is 11.4. The SMILES string of the molecule is O=C(O)C=C(F)c1ccc(Br)cc1. The first-order chi connectivity index (χ1) is 6.09. The summed E-state index contributed by atoms with van der Waals surface area (Å²) in [5.74, 6) is -2.04. The molecule has 0 radical (unpaired) electrons. The maximum Gasteiger partial charge on any atom is 0.331 e. The van der Waals surface area contributed by atoms with Gasteiger partial charge in [0.1, 0.15) is 5.83 Å². The van der Waals surface area contributed by atoms with E-state index in [0.29, 0.717) is 6.08 Å². The zero-order valence-corrected chi connectivity index (χ0v) is 8.08. The molecule has 0 amide bonds. The number of rotatable bonds is 2. The second-order valence-electron chi connectivity index (χ2n) is 2.34. The molecule has 2 nitrogen and oxygen atoms in total. The molecule has 1 aromatic rings. The number of carbonyl (C=O) groups is 1. The summed E-state index contributed by atoms with van der Waals surface area (Å²) < 4.78 is 13.8. The van der Waals surface area contributed by atoms with Crippen LogP contribution in [0.5, 0.6) is 0 Å². The van der Waals surface area contributed by atoms with E-state index in [1.165, 1.54) is 12.1 Å². The van der Waals surface area contributed by atoms with Crippen LogP contribution >= 0.6 is 15.9 Å². The second kappa shape index (κ2) is 4.18. The molecule has 0 aliphatic rings. The summed E-state index contributed by atoms with van der Waals surface area (Å²) in [7, 11) is 0. The van der Waals surface area contributed by atoms with Crippen molar-refractivity contribution in [3.8, 4) is 0 Å². The topological polar surface area (TPSA) is 37.3 Å². The minimum atomic E-state index is -1.29. The van der Waals surface area contributed by atoms with E-state index in [-0.39, 0.29) is 5.56 Å². The van der Waals surface area contributed by atoms with Crippen LogP contribution in [0.3, 0.4) is 0 Å². The Bertz CT molecular complexity index is 343. The van der Waals surface area contributed by atoms with Crippen molar-refractivity contribution in [2.24, 2.45) is 0 Å². The molecule has 13 heavy (non-hydrogen) atoms. The van der Waals surface area contributed by atoms with Crippen LogP contribution in [0.15, 0.2) is 34.8 Å². The van der Waals surface area contributed by atoms with E-state index in [4.69, 9.17) is 5.11 Å². The molecule has 0 saturated heterocycles. The maximum absolute atomic E-state index is 13.0. The van der Waals surface area contributed by atoms with Crippen molar-refractivity contribution in [2.75, 3.05) is 0 Å². The standard InChI is InChI=1S/C9H6BrFO2/c10-7-3-1-6(2-4-7)8(11)5-9(12)13/h1-5H,(H,12,13). The number of hydrogen-bond donors (Lipinski definition) is 1. The first-order valence-corrected chi connectivity index (χ1v) is 4.25. The summed E-state index contributed by atoms with van der Waals surface area (Å²) in [6, 6.07) is 6.28. The van der Waals surface area contributed by atoms with Crippen molar-refractivity contribution >= 4 is 27.7 Å². The molecule has 68 valence electrons. The highest BCUT2D eigenvalue weighted by molar-refractivity contribution is 9.10. The fourth-order valence-corrected chi connectivity index (χ4v) is 1.07. The molecule has 0 spiro atoms. The third-order valence-corrected chi connectivity index (χ3v) is 1.90. The highest BCUT2D eigenvalue weighted by Crippen LogP contribution is 2.18. The van der Waals surface area contributed by atoms with Gasteiger partial charge in [-0.3, -0.25) is 0 Å². The molecule has 1 N–H and O–H groups in total. The second-order valence-corrected chi connectivity index (χ2v) is 3.25. The summed E-state index contributed by atoms with van der Waals surface area (Å²) in [5, 5.41) is 8.27. The lowest BCUT2D eigenvalue weighted by Crippen LogP contribution is -1.88. The van der Waals surface area contributed by atoms with E-state index in [1.54, 1.807) is 12.1 Å². The highest BCUT2D eigenvalue weighted by atomic mass is 79.9. The molecule has 0 aliphatic carbocycles. The molecule has 1 rings (SSSR count). The average molecular weight is 245 g/mol. The zero-order chi connectivity index (χ0) is 9.84. The van der Waals surface area contributed by atoms with Gasteiger partial charge in [0.15, 0.2) is 0 Å². The molecule has 4 heteroatoms. The van der Waals surface area contributed by atoms with Gasteiger partial charge in [0.05, 0.1) is 6.08 Å². The van der Waals surface area contributed by atoms with Gasteiger partial charge < -0.3 is 5.11 Å². The summed E-state index contributed by atoms with van der Waals surface area (Å²) in [5.41, 5.74) is 0.255. The number of carboxylic acid groups (broad SMARTS) is 1. The average Bonchev–Trinajstić information content (AvgIpc) is 2.04. The molecule has 0 unspecified atom stereocenters. The Morgan fingerprint density at radius 2 is 1.92 bits per heavy atom. The summed E-state index contributed by atoms with van der Waals surface area (Å²) in [4.78, 5) is 10.1. The first-order valence-electron chi connectivity index (χ1n) is 3.45. The minimum Gasteiger partial charge on any atom is -0.478 e. The zero-order valence-electron chi connectivity index (χ0n) is 6.50. The van der Waals surface area contributed by atoms with Gasteiger partial charge in [0.25, 0.3) is 0 Å². The van der Waals surface area contributed by atoms with Crippen molar-refractivity contribution in [1.82, 2.24) is 0 Å². The van der Waals surface area contributed by atoms with Crippen LogP contribution in [-0.4, -0.2) is 11.1 Å². The van der Waals surface area contributed by atoms with Crippen LogP contribution in [0.4, 0.5) is 4.39 Å². The van der Waals surface area contributed by atoms with Gasteiger partial charge in [-0.15, -0.1) is 0 Å². The van der Waals surface area contributed by atoms with Crippen molar-refractivity contribution in [2.45, 2.75) is 0 Å². The molecule has 0 aliphatic heterocycles. The fraction of sp³-hybridized carbons (Fsp3) is 0. The van der Waals surface area contributed by atoms with E-state index in [9.17, 15) is 9.18 Å². The van der Waals surface area contributed by atoms with Crippen LogP contribution in [0.2, 0.25) is 0 Å². The van der Waals surface area contributed by atoms with E-state index in [0.717, 1.165) is 4.47 Å². The number of halogens is 2. The summed E-state index contributed by atoms with van der Waals surface area (Å²) in [6.45, 7) is 0.